The normalized spacial score (nSPS) is 10.2. The Morgan fingerprint density at radius 2 is 1.56 bits per heavy atom. The molecule has 0 spiro atoms. The highest BCUT2D eigenvalue weighted by atomic mass is 16.5. The van der Waals surface area contributed by atoms with Crippen LogP contribution in [0.25, 0.3) is 0 Å². The summed E-state index contributed by atoms with van der Waals surface area (Å²) in [5, 5.41) is 6.53. The highest BCUT2D eigenvalue weighted by Crippen LogP contribution is 2.27. The van der Waals surface area contributed by atoms with Crippen molar-refractivity contribution in [1.82, 2.24) is 9.97 Å². The lowest BCUT2D eigenvalue weighted by Crippen LogP contribution is -2.08. The largest absolute Gasteiger partial charge is 0.495 e. The fraction of sp³-hybridized carbons (Fsp3) is 0.158. The molecule has 0 atom stereocenters. The van der Waals surface area contributed by atoms with Crippen LogP contribution in [0.4, 0.5) is 28.7 Å². The predicted molar refractivity (Wildman–Crippen MR) is 102 cm³/mol. The molecule has 6 heteroatoms. The van der Waals surface area contributed by atoms with Gasteiger partial charge in [-0.25, -0.2) is 9.97 Å². The molecule has 1 heterocycles. The van der Waals surface area contributed by atoms with Gasteiger partial charge in [0.1, 0.15) is 23.7 Å². The summed E-state index contributed by atoms with van der Waals surface area (Å²) < 4.78 is 5.35. The molecule has 0 unspecified atom stereocenters. The van der Waals surface area contributed by atoms with Gasteiger partial charge in [0.15, 0.2) is 0 Å². The summed E-state index contributed by atoms with van der Waals surface area (Å²) >= 11 is 0. The molecule has 0 bridgehead atoms. The van der Waals surface area contributed by atoms with Crippen LogP contribution in [0.3, 0.4) is 0 Å². The van der Waals surface area contributed by atoms with Crippen molar-refractivity contribution >= 4 is 28.7 Å². The third-order valence-electron chi connectivity index (χ3n) is 3.69. The zero-order valence-electron chi connectivity index (χ0n) is 14.5. The van der Waals surface area contributed by atoms with Gasteiger partial charge in [0.25, 0.3) is 0 Å². The molecular weight excluding hydrogens is 314 g/mol. The van der Waals surface area contributed by atoms with Crippen molar-refractivity contribution < 1.29 is 4.74 Å². The molecule has 0 aliphatic rings. The van der Waals surface area contributed by atoms with Crippen molar-refractivity contribution in [3.8, 4) is 5.75 Å². The van der Waals surface area contributed by atoms with Crippen LogP contribution in [0, 0.1) is 0 Å². The summed E-state index contributed by atoms with van der Waals surface area (Å²) in [7, 11) is 5.68. The van der Waals surface area contributed by atoms with Crippen molar-refractivity contribution in [1.29, 1.82) is 0 Å². The lowest BCUT2D eigenvalue weighted by atomic mass is 10.2. The zero-order valence-corrected chi connectivity index (χ0v) is 14.5. The maximum absolute atomic E-state index is 5.35. The Morgan fingerprint density at radius 3 is 2.24 bits per heavy atom. The van der Waals surface area contributed by atoms with E-state index in [0.717, 1.165) is 22.8 Å². The Bertz CT molecular complexity index is 833. The minimum atomic E-state index is 0.687. The fourth-order valence-electron chi connectivity index (χ4n) is 2.37. The maximum Gasteiger partial charge on any atom is 0.142 e. The summed E-state index contributed by atoms with van der Waals surface area (Å²) in [6.07, 6.45) is 1.52. The van der Waals surface area contributed by atoms with Gasteiger partial charge in [-0.3, -0.25) is 0 Å². The van der Waals surface area contributed by atoms with Gasteiger partial charge in [0.2, 0.25) is 0 Å². The van der Waals surface area contributed by atoms with Crippen molar-refractivity contribution in [2.45, 2.75) is 0 Å². The molecule has 0 saturated heterocycles. The molecule has 3 aromatic rings. The molecule has 2 aromatic carbocycles. The molecule has 128 valence electrons. The van der Waals surface area contributed by atoms with Crippen LogP contribution in [-0.2, 0) is 0 Å². The summed E-state index contributed by atoms with van der Waals surface area (Å²) in [6, 6.07) is 17.7. The van der Waals surface area contributed by atoms with Gasteiger partial charge < -0.3 is 20.3 Å². The van der Waals surface area contributed by atoms with Crippen molar-refractivity contribution in [2.24, 2.45) is 0 Å². The first-order valence-electron chi connectivity index (χ1n) is 7.92. The van der Waals surface area contributed by atoms with E-state index >= 15 is 0 Å². The fourth-order valence-corrected chi connectivity index (χ4v) is 2.37. The third-order valence-corrected chi connectivity index (χ3v) is 3.69. The molecule has 1 aromatic heterocycles. The molecule has 0 aliphatic heterocycles. The average Bonchev–Trinajstić information content (AvgIpc) is 2.63. The Labute approximate surface area is 147 Å². The SMILES string of the molecule is COc1ccccc1Nc1cc(Nc2ccc(N(C)C)cc2)ncn1. The second kappa shape index (κ2) is 7.53. The topological polar surface area (TPSA) is 62.3 Å². The molecule has 0 radical (unpaired) electrons. The lowest BCUT2D eigenvalue weighted by molar-refractivity contribution is 0.417. The first-order chi connectivity index (χ1) is 12.2. The van der Waals surface area contributed by atoms with Crippen LogP contribution in [0.1, 0.15) is 0 Å². The number of hydrogen-bond donors (Lipinski definition) is 2. The number of nitrogens with one attached hydrogen (secondary N) is 2. The van der Waals surface area contributed by atoms with Gasteiger partial charge in [-0.1, -0.05) is 12.1 Å². The molecule has 2 N–H and O–H groups in total. The predicted octanol–water partition coefficient (Wildman–Crippen LogP) is 4.04. The second-order valence-electron chi connectivity index (χ2n) is 5.68. The highest BCUT2D eigenvalue weighted by Gasteiger charge is 2.05. The van der Waals surface area contributed by atoms with E-state index < -0.39 is 0 Å². The van der Waals surface area contributed by atoms with E-state index in [1.807, 2.05) is 56.6 Å². The summed E-state index contributed by atoms with van der Waals surface area (Å²) in [5.74, 6) is 2.16. The first kappa shape index (κ1) is 16.6. The Balaban J connectivity index is 1.75. The number of para-hydroxylation sites is 2. The number of benzene rings is 2. The van der Waals surface area contributed by atoms with E-state index in [1.54, 1.807) is 7.11 Å². The van der Waals surface area contributed by atoms with Gasteiger partial charge >= 0.3 is 0 Å². The quantitative estimate of drug-likeness (QED) is 0.709. The van der Waals surface area contributed by atoms with Gasteiger partial charge in [-0.05, 0) is 36.4 Å². The zero-order chi connectivity index (χ0) is 17.6. The summed E-state index contributed by atoms with van der Waals surface area (Å²) in [6.45, 7) is 0. The molecule has 0 saturated carbocycles. The van der Waals surface area contributed by atoms with Crippen LogP contribution in [0.5, 0.6) is 5.75 Å². The third kappa shape index (κ3) is 4.17. The van der Waals surface area contributed by atoms with Crippen LogP contribution < -0.4 is 20.3 Å². The van der Waals surface area contributed by atoms with E-state index in [0.29, 0.717) is 11.6 Å². The monoisotopic (exact) mass is 335 g/mol. The first-order valence-corrected chi connectivity index (χ1v) is 7.92. The molecular formula is C19H21N5O. The molecule has 0 aliphatic carbocycles. The van der Waals surface area contributed by atoms with Gasteiger partial charge in [0, 0.05) is 31.5 Å². The number of hydrogen-bond acceptors (Lipinski definition) is 6. The Morgan fingerprint density at radius 1 is 0.880 bits per heavy atom. The van der Waals surface area contributed by atoms with Crippen LogP contribution in [0.15, 0.2) is 60.9 Å². The molecule has 3 rings (SSSR count). The van der Waals surface area contributed by atoms with E-state index in [9.17, 15) is 0 Å². The molecule has 0 fully saturated rings. The summed E-state index contributed by atoms with van der Waals surface area (Å²) in [4.78, 5) is 10.6. The second-order valence-corrected chi connectivity index (χ2v) is 5.68. The van der Waals surface area contributed by atoms with E-state index in [4.69, 9.17) is 4.74 Å². The smallest absolute Gasteiger partial charge is 0.142 e. The Kier molecular flexibility index (Phi) is 4.99. The van der Waals surface area contributed by atoms with Gasteiger partial charge in [-0.15, -0.1) is 0 Å². The number of rotatable bonds is 6. The number of ether oxygens (including phenoxy) is 1. The minimum absolute atomic E-state index is 0.687. The van der Waals surface area contributed by atoms with Gasteiger partial charge in [-0.2, -0.15) is 0 Å². The number of methoxy groups -OCH3 is 1. The van der Waals surface area contributed by atoms with Crippen LogP contribution in [-0.4, -0.2) is 31.2 Å². The standard InChI is InChI=1S/C19H21N5O/c1-24(2)15-10-8-14(9-11-15)22-18-12-19(21-13-20-18)23-16-6-4-5-7-17(16)25-3/h4-13H,1-3H3,(H2,20,21,22,23). The highest BCUT2D eigenvalue weighted by molar-refractivity contribution is 5.67. The van der Waals surface area contributed by atoms with Crippen molar-refractivity contribution in [3.05, 3.63) is 60.9 Å². The molecule has 0 amide bonds. The number of aromatic nitrogens is 2. The lowest BCUT2D eigenvalue weighted by Gasteiger charge is -2.14. The van der Waals surface area contributed by atoms with Crippen molar-refractivity contribution in [3.63, 3.8) is 0 Å². The molecule has 25 heavy (non-hydrogen) atoms. The number of anilines is 5. The van der Waals surface area contributed by atoms with Crippen LogP contribution >= 0.6 is 0 Å². The van der Waals surface area contributed by atoms with E-state index in [-0.39, 0.29) is 0 Å². The van der Waals surface area contributed by atoms with Crippen molar-refractivity contribution in [2.75, 3.05) is 36.7 Å². The summed E-state index contributed by atoms with van der Waals surface area (Å²) in [5.41, 5.74) is 2.96. The maximum atomic E-state index is 5.35. The van der Waals surface area contributed by atoms with Crippen LogP contribution in [0.2, 0.25) is 0 Å². The van der Waals surface area contributed by atoms with E-state index in [2.05, 4.69) is 37.6 Å². The average molecular weight is 335 g/mol. The number of nitrogens with zero attached hydrogens (tertiary/aromatic N) is 3. The van der Waals surface area contributed by atoms with E-state index in [1.165, 1.54) is 6.33 Å². The van der Waals surface area contributed by atoms with Gasteiger partial charge in [0.05, 0.1) is 12.8 Å². The Hall–Kier alpha value is -3.28. The minimum Gasteiger partial charge on any atom is -0.495 e. The molecule has 6 nitrogen and oxygen atoms in total.